The van der Waals surface area contributed by atoms with Gasteiger partial charge in [-0.2, -0.15) is 18.2 Å². The molecular formula is C30H41F3N6O2. The molecule has 2 aromatic heterocycles. The van der Waals surface area contributed by atoms with E-state index in [1.54, 1.807) is 23.7 Å². The fraction of sp³-hybridized carbons (Fsp3) is 0.633. The maximum Gasteiger partial charge on any atom is 0.416 e. The topological polar surface area (TPSA) is 68.4 Å². The second-order valence-corrected chi connectivity index (χ2v) is 11.9. The average Bonchev–Trinajstić information content (AvgIpc) is 3.54. The van der Waals surface area contributed by atoms with Crippen LogP contribution in [0.25, 0.3) is 11.2 Å². The number of hydrogen-bond acceptors (Lipinski definition) is 6. The highest BCUT2D eigenvalue weighted by Gasteiger charge is 2.39. The van der Waals surface area contributed by atoms with E-state index in [0.29, 0.717) is 31.0 Å². The third-order valence-electron chi connectivity index (χ3n) is 8.76. The van der Waals surface area contributed by atoms with Crippen LogP contribution in [0, 0.1) is 12.8 Å². The number of benzene rings is 1. The van der Waals surface area contributed by atoms with Crippen LogP contribution in [0.4, 0.5) is 19.0 Å². The van der Waals surface area contributed by atoms with Crippen molar-refractivity contribution in [3.05, 3.63) is 51.7 Å². The first-order valence-electron chi connectivity index (χ1n) is 14.7. The van der Waals surface area contributed by atoms with E-state index in [4.69, 9.17) is 9.72 Å². The van der Waals surface area contributed by atoms with Crippen molar-refractivity contribution in [3.63, 3.8) is 0 Å². The van der Waals surface area contributed by atoms with E-state index in [1.807, 2.05) is 6.92 Å². The van der Waals surface area contributed by atoms with Crippen LogP contribution < -0.4 is 10.6 Å². The van der Waals surface area contributed by atoms with E-state index in [9.17, 15) is 18.0 Å². The molecule has 2 aliphatic rings. The number of fused-ring (bicyclic) bond motifs is 1. The van der Waals surface area contributed by atoms with Gasteiger partial charge in [-0.3, -0.25) is 9.47 Å². The predicted molar refractivity (Wildman–Crippen MR) is 153 cm³/mol. The lowest BCUT2D eigenvalue weighted by Gasteiger charge is -2.50. The summed E-state index contributed by atoms with van der Waals surface area (Å²) in [4.78, 5) is 27.2. The lowest BCUT2D eigenvalue weighted by molar-refractivity contribution is -0.137. The molecule has 0 radical (unpaired) electrons. The molecule has 3 aromatic rings. The third kappa shape index (κ3) is 5.62. The largest absolute Gasteiger partial charge is 0.416 e. The van der Waals surface area contributed by atoms with Gasteiger partial charge in [0.2, 0.25) is 0 Å². The van der Waals surface area contributed by atoms with E-state index in [0.717, 1.165) is 42.9 Å². The molecule has 0 aliphatic carbocycles. The molecule has 41 heavy (non-hydrogen) atoms. The van der Waals surface area contributed by atoms with Gasteiger partial charge in [0.25, 0.3) is 0 Å². The van der Waals surface area contributed by atoms with Gasteiger partial charge in [-0.1, -0.05) is 32.9 Å². The zero-order valence-corrected chi connectivity index (χ0v) is 24.8. The number of piperazine rings is 1. The standard InChI is InChI=1S/C30H41F3N6O2/c1-7-23-16-37(19(4)15-39(23)26(18(2)3)21-10-12-22(13-11-21)30(31,32)33)27-25-28(36(6)29(40)35-27)38(20(5)34-25)17-24-9-8-14-41-24/h10-13,18-19,23-24,26H,7-9,14-17H2,1-6H3/t19-,23+,24-,26-/m0/s1. The minimum absolute atomic E-state index is 0.0000685. The number of nitrogens with zero attached hydrogens (tertiary/aromatic N) is 6. The van der Waals surface area contributed by atoms with E-state index in [-0.39, 0.29) is 35.8 Å². The molecule has 4 heterocycles. The number of aryl methyl sites for hydroxylation is 2. The van der Waals surface area contributed by atoms with Crippen LogP contribution in [-0.2, 0) is 24.5 Å². The summed E-state index contributed by atoms with van der Waals surface area (Å²) in [5, 5.41) is 0. The van der Waals surface area contributed by atoms with Gasteiger partial charge in [0, 0.05) is 44.9 Å². The van der Waals surface area contributed by atoms with Crippen molar-refractivity contribution in [2.75, 3.05) is 24.6 Å². The number of anilines is 1. The number of imidazole rings is 1. The zero-order chi connectivity index (χ0) is 29.6. The lowest BCUT2D eigenvalue weighted by atomic mass is 9.90. The van der Waals surface area contributed by atoms with Crippen molar-refractivity contribution >= 4 is 17.0 Å². The summed E-state index contributed by atoms with van der Waals surface area (Å²) in [5.74, 6) is 1.60. The van der Waals surface area contributed by atoms with Crippen molar-refractivity contribution in [2.45, 2.75) is 90.8 Å². The van der Waals surface area contributed by atoms with Gasteiger partial charge in [-0.15, -0.1) is 0 Å². The Morgan fingerprint density at radius 2 is 1.83 bits per heavy atom. The summed E-state index contributed by atoms with van der Waals surface area (Å²) in [5.41, 5.74) is 1.38. The molecule has 0 spiro atoms. The molecule has 0 saturated carbocycles. The molecule has 1 aromatic carbocycles. The Morgan fingerprint density at radius 1 is 1.12 bits per heavy atom. The highest BCUT2D eigenvalue weighted by Crippen LogP contribution is 2.38. The zero-order valence-electron chi connectivity index (χ0n) is 24.8. The van der Waals surface area contributed by atoms with E-state index >= 15 is 0 Å². The van der Waals surface area contributed by atoms with Crippen LogP contribution in [0.1, 0.15) is 70.0 Å². The molecule has 0 unspecified atom stereocenters. The Hall–Kier alpha value is -2.92. The van der Waals surface area contributed by atoms with Crippen LogP contribution >= 0.6 is 0 Å². The first-order valence-corrected chi connectivity index (χ1v) is 14.7. The maximum absolute atomic E-state index is 13.2. The number of alkyl halides is 3. The van der Waals surface area contributed by atoms with Gasteiger partial charge in [0.1, 0.15) is 17.0 Å². The average molecular weight is 575 g/mol. The monoisotopic (exact) mass is 574 g/mol. The fourth-order valence-corrected chi connectivity index (χ4v) is 6.66. The van der Waals surface area contributed by atoms with Crippen LogP contribution in [0.5, 0.6) is 0 Å². The van der Waals surface area contributed by atoms with E-state index in [1.165, 1.54) is 12.1 Å². The highest BCUT2D eigenvalue weighted by atomic mass is 19.4. The molecule has 224 valence electrons. The Balaban J connectivity index is 1.49. The Bertz CT molecular complexity index is 1430. The van der Waals surface area contributed by atoms with Gasteiger partial charge in [-0.25, -0.2) is 9.78 Å². The summed E-state index contributed by atoms with van der Waals surface area (Å²) >= 11 is 0. The first kappa shape index (κ1) is 29.6. The second kappa shape index (κ2) is 11.4. The van der Waals surface area contributed by atoms with Crippen LogP contribution in [0.2, 0.25) is 0 Å². The van der Waals surface area contributed by atoms with Crippen molar-refractivity contribution in [1.82, 2.24) is 24.0 Å². The molecule has 2 aliphatic heterocycles. The molecule has 11 heteroatoms. The molecule has 8 nitrogen and oxygen atoms in total. The number of rotatable bonds is 7. The van der Waals surface area contributed by atoms with Crippen LogP contribution in [-0.4, -0.2) is 61.9 Å². The molecule has 0 amide bonds. The smallest absolute Gasteiger partial charge is 0.376 e. The molecule has 0 N–H and O–H groups in total. The Labute approximate surface area is 239 Å². The summed E-state index contributed by atoms with van der Waals surface area (Å²) in [6.07, 6.45) is -1.40. The normalized spacial score (nSPS) is 23.2. The van der Waals surface area contributed by atoms with Crippen molar-refractivity contribution < 1.29 is 17.9 Å². The Morgan fingerprint density at radius 3 is 2.41 bits per heavy atom. The minimum atomic E-state index is -4.36. The minimum Gasteiger partial charge on any atom is -0.376 e. The van der Waals surface area contributed by atoms with Gasteiger partial charge >= 0.3 is 11.9 Å². The fourth-order valence-electron chi connectivity index (χ4n) is 6.66. The lowest BCUT2D eigenvalue weighted by Crippen LogP contribution is -2.59. The third-order valence-corrected chi connectivity index (χ3v) is 8.76. The quantitative estimate of drug-likeness (QED) is 0.381. The number of aromatic nitrogens is 4. The molecule has 5 rings (SSSR count). The first-order chi connectivity index (χ1) is 19.4. The Kier molecular flexibility index (Phi) is 8.22. The SMILES string of the molecule is CC[C@@H]1CN(c2nc(=O)n(C)c3c2nc(C)n3C[C@@H]2CCCO2)[C@@H](C)CN1[C@H](c1ccc(C(F)(F)F)cc1)C(C)C. The van der Waals surface area contributed by atoms with Crippen LogP contribution in [0.3, 0.4) is 0 Å². The van der Waals surface area contributed by atoms with Gasteiger partial charge < -0.3 is 14.2 Å². The molecule has 2 saturated heterocycles. The van der Waals surface area contributed by atoms with Gasteiger partial charge in [-0.05, 0) is 56.7 Å². The second-order valence-electron chi connectivity index (χ2n) is 11.9. The highest BCUT2D eigenvalue weighted by molar-refractivity contribution is 5.84. The predicted octanol–water partition coefficient (Wildman–Crippen LogP) is 5.32. The summed E-state index contributed by atoms with van der Waals surface area (Å²) in [7, 11) is 1.74. The van der Waals surface area contributed by atoms with E-state index < -0.39 is 11.7 Å². The van der Waals surface area contributed by atoms with Crippen LogP contribution in [0.15, 0.2) is 29.1 Å². The summed E-state index contributed by atoms with van der Waals surface area (Å²) in [6, 6.07) is 5.66. The summed E-state index contributed by atoms with van der Waals surface area (Å²) < 4.78 is 49.3. The maximum atomic E-state index is 13.2. The van der Waals surface area contributed by atoms with Crippen molar-refractivity contribution in [2.24, 2.45) is 13.0 Å². The molecule has 4 atom stereocenters. The number of halogens is 3. The molecular weight excluding hydrogens is 533 g/mol. The summed E-state index contributed by atoms with van der Waals surface area (Å²) in [6.45, 7) is 13.1. The van der Waals surface area contributed by atoms with Gasteiger partial charge in [0.15, 0.2) is 5.82 Å². The molecule has 2 fully saturated rings. The van der Waals surface area contributed by atoms with Gasteiger partial charge in [0.05, 0.1) is 18.2 Å². The number of ether oxygens (including phenoxy) is 1. The van der Waals surface area contributed by atoms with E-state index in [2.05, 4.69) is 47.0 Å². The number of hydrogen-bond donors (Lipinski definition) is 0. The van der Waals surface area contributed by atoms with Crippen molar-refractivity contribution in [3.8, 4) is 0 Å². The van der Waals surface area contributed by atoms with Crippen molar-refractivity contribution in [1.29, 1.82) is 0 Å². The molecule has 0 bridgehead atoms.